The Morgan fingerprint density at radius 2 is 0.855 bits per heavy atom. The minimum atomic E-state index is -4.80. The van der Waals surface area contributed by atoms with E-state index in [1.807, 2.05) is 0 Å². The lowest BCUT2D eigenvalue weighted by Crippen LogP contribution is -2.08. The Labute approximate surface area is 306 Å². The van der Waals surface area contributed by atoms with Crippen molar-refractivity contribution in [3.63, 3.8) is 0 Å². The first-order valence-corrected chi connectivity index (χ1v) is 16.6. The highest BCUT2D eigenvalue weighted by Crippen LogP contribution is 2.44. The van der Waals surface area contributed by atoms with Crippen LogP contribution in [0.4, 0.5) is 39.5 Å². The Bertz CT molecular complexity index is 2590. The van der Waals surface area contributed by atoms with Gasteiger partial charge >= 0.3 is 18.5 Å². The molecule has 6 aromatic carbocycles. The lowest BCUT2D eigenvalue weighted by Gasteiger charge is -2.18. The Hall–Kier alpha value is -6.50. The van der Waals surface area contributed by atoms with Gasteiger partial charge in [0.2, 0.25) is 0 Å². The average Bonchev–Trinajstić information content (AvgIpc) is 3.50. The van der Waals surface area contributed by atoms with E-state index in [9.17, 15) is 39.5 Å². The van der Waals surface area contributed by atoms with E-state index in [-0.39, 0.29) is 61.7 Å². The standard InChI is InChI=1S/C42H23F9N4/c43-40(44,45)26-15-19-35-31(21-26)32-22-27(41(46,47)48)16-20-36(32)55(35)28-17-18-29(30-13-7-8-14-34(30)42(49,50)51)33(23-28)39-53-37(24-9-3-1-4-10-24)52-38(54-39)25-11-5-2-6-12-25/h1-23H. The first kappa shape index (κ1) is 35.5. The minimum absolute atomic E-state index is 0.0268. The summed E-state index contributed by atoms with van der Waals surface area (Å²) in [7, 11) is 0. The molecule has 55 heavy (non-hydrogen) atoms. The quantitative estimate of drug-likeness (QED) is 0.164. The highest BCUT2D eigenvalue weighted by atomic mass is 19.4. The highest BCUT2D eigenvalue weighted by molar-refractivity contribution is 6.10. The molecular weight excluding hydrogens is 731 g/mol. The third-order valence-electron chi connectivity index (χ3n) is 9.14. The summed E-state index contributed by atoms with van der Waals surface area (Å²) in [5.74, 6) is 0.392. The molecule has 0 aliphatic heterocycles. The molecule has 8 aromatic rings. The van der Waals surface area contributed by atoms with Crippen LogP contribution in [0.25, 0.3) is 72.8 Å². The van der Waals surface area contributed by atoms with Gasteiger partial charge in [-0.3, -0.25) is 0 Å². The molecule has 0 aliphatic carbocycles. The number of rotatable bonds is 5. The van der Waals surface area contributed by atoms with Crippen LogP contribution >= 0.6 is 0 Å². The maximum atomic E-state index is 14.5. The Morgan fingerprint density at radius 3 is 1.35 bits per heavy atom. The fourth-order valence-electron chi connectivity index (χ4n) is 6.64. The van der Waals surface area contributed by atoms with Crippen LogP contribution < -0.4 is 0 Å². The normalized spacial score (nSPS) is 12.5. The summed E-state index contributed by atoms with van der Waals surface area (Å²) >= 11 is 0. The van der Waals surface area contributed by atoms with E-state index < -0.39 is 35.2 Å². The lowest BCUT2D eigenvalue weighted by molar-refractivity contribution is -0.138. The summed E-state index contributed by atoms with van der Waals surface area (Å²) in [5, 5.41) is -0.219. The van der Waals surface area contributed by atoms with E-state index in [1.165, 1.54) is 41.0 Å². The van der Waals surface area contributed by atoms with Crippen LogP contribution in [0.15, 0.2) is 140 Å². The molecule has 13 heteroatoms. The van der Waals surface area contributed by atoms with Gasteiger partial charge in [-0.2, -0.15) is 39.5 Å². The number of alkyl halides is 9. The third-order valence-corrected chi connectivity index (χ3v) is 9.14. The molecule has 2 aromatic heterocycles. The zero-order valence-electron chi connectivity index (χ0n) is 28.0. The monoisotopic (exact) mass is 754 g/mol. The maximum Gasteiger partial charge on any atom is 0.417 e. The summed E-state index contributed by atoms with van der Waals surface area (Å²) in [5.41, 5.74) is -1.48. The zero-order valence-corrected chi connectivity index (χ0v) is 28.0. The fourth-order valence-corrected chi connectivity index (χ4v) is 6.64. The lowest BCUT2D eigenvalue weighted by atomic mass is 9.94. The molecule has 0 spiro atoms. The average molecular weight is 755 g/mol. The summed E-state index contributed by atoms with van der Waals surface area (Å²) in [6, 6.07) is 32.5. The van der Waals surface area contributed by atoms with Crippen LogP contribution in [0.1, 0.15) is 16.7 Å². The van der Waals surface area contributed by atoms with Crippen LogP contribution in [-0.4, -0.2) is 19.5 Å². The number of hydrogen-bond acceptors (Lipinski definition) is 3. The van der Waals surface area contributed by atoms with Crippen molar-refractivity contribution >= 4 is 21.8 Å². The van der Waals surface area contributed by atoms with Gasteiger partial charge in [0.25, 0.3) is 0 Å². The first-order chi connectivity index (χ1) is 26.2. The maximum absolute atomic E-state index is 14.5. The zero-order chi connectivity index (χ0) is 38.7. The van der Waals surface area contributed by atoms with Crippen molar-refractivity contribution in [1.82, 2.24) is 19.5 Å². The number of aromatic nitrogens is 4. The van der Waals surface area contributed by atoms with Gasteiger partial charge in [-0.05, 0) is 65.7 Å². The SMILES string of the molecule is FC(F)(F)c1ccc2c(c1)c1cc(C(F)(F)F)ccc1n2-c1ccc(-c2ccccc2C(F)(F)F)c(-c2nc(-c3ccccc3)nc(-c3ccccc3)n2)c1. The molecule has 0 radical (unpaired) electrons. The van der Waals surface area contributed by atoms with Crippen molar-refractivity contribution in [1.29, 1.82) is 0 Å². The molecule has 4 nitrogen and oxygen atoms in total. The molecule has 0 unspecified atom stereocenters. The van der Waals surface area contributed by atoms with E-state index in [0.717, 1.165) is 42.5 Å². The highest BCUT2D eigenvalue weighted by Gasteiger charge is 2.35. The van der Waals surface area contributed by atoms with Gasteiger partial charge in [0.15, 0.2) is 17.5 Å². The van der Waals surface area contributed by atoms with Gasteiger partial charge in [-0.25, -0.2) is 15.0 Å². The summed E-state index contributed by atoms with van der Waals surface area (Å²) < 4.78 is 128. The van der Waals surface area contributed by atoms with Gasteiger partial charge in [-0.1, -0.05) is 84.9 Å². The van der Waals surface area contributed by atoms with Crippen molar-refractivity contribution in [2.45, 2.75) is 18.5 Å². The third kappa shape index (κ3) is 6.66. The van der Waals surface area contributed by atoms with Gasteiger partial charge in [0, 0.05) is 33.2 Å². The smallest absolute Gasteiger partial charge is 0.309 e. The van der Waals surface area contributed by atoms with Crippen LogP contribution in [0, 0.1) is 0 Å². The van der Waals surface area contributed by atoms with E-state index in [4.69, 9.17) is 9.97 Å². The summed E-state index contributed by atoms with van der Waals surface area (Å²) in [6.45, 7) is 0. The number of nitrogens with zero attached hydrogens (tertiary/aromatic N) is 4. The molecule has 0 amide bonds. The molecule has 0 saturated heterocycles. The molecule has 2 heterocycles. The van der Waals surface area contributed by atoms with Crippen LogP contribution in [0.3, 0.4) is 0 Å². The van der Waals surface area contributed by atoms with E-state index >= 15 is 0 Å². The van der Waals surface area contributed by atoms with Crippen molar-refractivity contribution < 1.29 is 39.5 Å². The number of fused-ring (bicyclic) bond motifs is 3. The van der Waals surface area contributed by atoms with E-state index in [1.54, 1.807) is 60.7 Å². The van der Waals surface area contributed by atoms with E-state index in [0.29, 0.717) is 11.1 Å². The molecule has 0 N–H and O–H groups in total. The second-order valence-electron chi connectivity index (χ2n) is 12.6. The first-order valence-electron chi connectivity index (χ1n) is 16.6. The van der Waals surface area contributed by atoms with Crippen molar-refractivity contribution in [2.75, 3.05) is 0 Å². The van der Waals surface area contributed by atoms with E-state index in [2.05, 4.69) is 4.98 Å². The molecule has 0 saturated carbocycles. The van der Waals surface area contributed by atoms with Crippen molar-refractivity contribution in [3.05, 3.63) is 156 Å². The van der Waals surface area contributed by atoms with Gasteiger partial charge in [0.1, 0.15) is 0 Å². The molecule has 8 rings (SSSR count). The Kier molecular flexibility index (Phi) is 8.47. The van der Waals surface area contributed by atoms with Gasteiger partial charge < -0.3 is 4.57 Å². The minimum Gasteiger partial charge on any atom is -0.309 e. The van der Waals surface area contributed by atoms with Crippen LogP contribution in [0.5, 0.6) is 0 Å². The predicted octanol–water partition coefficient (Wildman–Crippen LogP) is 12.7. The second kappa shape index (κ2) is 13.1. The summed E-state index contributed by atoms with van der Waals surface area (Å²) in [4.78, 5) is 14.2. The fraction of sp³-hybridized carbons (Fsp3) is 0.0714. The molecule has 274 valence electrons. The molecular formula is C42H23F9N4. The molecule has 0 atom stereocenters. The van der Waals surface area contributed by atoms with Crippen molar-refractivity contribution in [3.8, 4) is 51.0 Å². The number of benzene rings is 6. The molecule has 0 aliphatic rings. The molecule has 0 bridgehead atoms. The Morgan fingerprint density at radius 1 is 0.382 bits per heavy atom. The van der Waals surface area contributed by atoms with Gasteiger partial charge in [-0.15, -0.1) is 0 Å². The molecule has 0 fully saturated rings. The Balaban J connectivity index is 1.46. The topological polar surface area (TPSA) is 43.6 Å². The van der Waals surface area contributed by atoms with Crippen molar-refractivity contribution in [2.24, 2.45) is 0 Å². The second-order valence-corrected chi connectivity index (χ2v) is 12.6. The largest absolute Gasteiger partial charge is 0.417 e. The summed E-state index contributed by atoms with van der Waals surface area (Å²) in [6.07, 6.45) is -14.4. The number of hydrogen-bond donors (Lipinski definition) is 0. The number of halogens is 9. The van der Waals surface area contributed by atoms with Gasteiger partial charge in [0.05, 0.1) is 27.7 Å². The van der Waals surface area contributed by atoms with Crippen LogP contribution in [0.2, 0.25) is 0 Å². The predicted molar refractivity (Wildman–Crippen MR) is 191 cm³/mol. The van der Waals surface area contributed by atoms with Crippen LogP contribution in [-0.2, 0) is 18.5 Å².